The van der Waals surface area contributed by atoms with E-state index in [-0.39, 0.29) is 24.8 Å². The van der Waals surface area contributed by atoms with Crippen LogP contribution in [0.5, 0.6) is 0 Å². The van der Waals surface area contributed by atoms with Crippen molar-refractivity contribution in [1.82, 2.24) is 20.4 Å². The van der Waals surface area contributed by atoms with Crippen LogP contribution in [-0.4, -0.2) is 34.7 Å². The molecule has 2 saturated heterocycles. The zero-order valence-corrected chi connectivity index (χ0v) is 30.1. The van der Waals surface area contributed by atoms with Gasteiger partial charge in [0.05, 0.1) is 16.6 Å². The summed E-state index contributed by atoms with van der Waals surface area (Å²) in [6, 6.07) is 52.8. The Morgan fingerprint density at radius 1 is 0.745 bits per heavy atom. The highest BCUT2D eigenvalue weighted by Gasteiger charge is 2.67. The Morgan fingerprint density at radius 3 is 2.05 bits per heavy atom. The molecule has 0 saturated carbocycles. The Labute approximate surface area is 318 Å². The van der Waals surface area contributed by atoms with E-state index in [1.54, 1.807) is 16.8 Å². The number of esters is 1. The van der Waals surface area contributed by atoms with Crippen LogP contribution in [0.3, 0.4) is 0 Å². The molecule has 0 radical (unpaired) electrons. The largest absolute Gasteiger partial charge is 0.458 e. The summed E-state index contributed by atoms with van der Waals surface area (Å²) in [5.74, 6) is -1.09. The number of nitrogens with one attached hydrogen (secondary N) is 2. The molecule has 7 nitrogen and oxygen atoms in total. The number of rotatable bonds is 9. The van der Waals surface area contributed by atoms with E-state index in [4.69, 9.17) is 9.84 Å². The Hall–Kier alpha value is -6.38. The summed E-state index contributed by atoms with van der Waals surface area (Å²) in [5.41, 5.74) is 3.32. The van der Waals surface area contributed by atoms with Gasteiger partial charge in [-0.15, -0.1) is 0 Å². The lowest BCUT2D eigenvalue weighted by atomic mass is 9.66. The molecule has 1 amide bonds. The number of amides is 1. The number of fused-ring (bicyclic) bond motifs is 1. The summed E-state index contributed by atoms with van der Waals surface area (Å²) in [7, 11) is 0. The topological polar surface area (TPSA) is 85.2 Å². The average molecular weight is 727 g/mol. The lowest BCUT2D eigenvalue weighted by Crippen LogP contribution is -2.61. The Kier molecular flexibility index (Phi) is 8.63. The van der Waals surface area contributed by atoms with Gasteiger partial charge < -0.3 is 15.4 Å². The summed E-state index contributed by atoms with van der Waals surface area (Å²) < 4.78 is 22.1. The first kappa shape index (κ1) is 34.4. The average Bonchev–Trinajstić information content (AvgIpc) is 3.95. The molecule has 0 aliphatic carbocycles. The number of carbonyl (C=O) groups is 2. The molecule has 6 aromatic carbocycles. The highest BCUT2D eigenvalue weighted by molar-refractivity contribution is 5.95. The van der Waals surface area contributed by atoms with Crippen LogP contribution < -0.4 is 10.6 Å². The predicted octanol–water partition coefficient (Wildman–Crippen LogP) is 8.12. The summed E-state index contributed by atoms with van der Waals surface area (Å²) in [5, 5.41) is 13.1. The number of aromatic nitrogens is 2. The maximum absolute atomic E-state index is 15.0. The molecule has 2 N–H and O–H groups in total. The Bertz CT molecular complexity index is 2460. The molecule has 3 heterocycles. The smallest absolute Gasteiger partial charge is 0.356 e. The first-order chi connectivity index (χ1) is 26.9. The van der Waals surface area contributed by atoms with Gasteiger partial charge in [-0.25, -0.2) is 13.9 Å². The molecule has 2 aliphatic heterocycles. The van der Waals surface area contributed by atoms with Gasteiger partial charge in [-0.2, -0.15) is 5.10 Å². The van der Waals surface area contributed by atoms with Gasteiger partial charge in [-0.3, -0.25) is 4.79 Å². The molecular weight excluding hydrogens is 688 g/mol. The maximum Gasteiger partial charge on any atom is 0.356 e. The summed E-state index contributed by atoms with van der Waals surface area (Å²) >= 11 is 0. The zero-order valence-electron chi connectivity index (χ0n) is 30.1. The third-order valence-corrected chi connectivity index (χ3v) is 11.5. The Balaban J connectivity index is 1.35. The third kappa shape index (κ3) is 5.55. The first-order valence-corrected chi connectivity index (χ1v) is 18.6. The van der Waals surface area contributed by atoms with Crippen molar-refractivity contribution in [2.45, 2.75) is 30.5 Å². The van der Waals surface area contributed by atoms with Crippen LogP contribution in [-0.2, 0) is 32.0 Å². The highest BCUT2D eigenvalue weighted by atomic mass is 19.1. The molecule has 1 spiro atoms. The van der Waals surface area contributed by atoms with Crippen LogP contribution in [0.2, 0.25) is 0 Å². The van der Waals surface area contributed by atoms with Crippen LogP contribution in [0, 0.1) is 11.2 Å². The molecular formula is C47H39FN4O3. The lowest BCUT2D eigenvalue weighted by molar-refractivity contribution is -0.165. The Morgan fingerprint density at radius 2 is 1.38 bits per heavy atom. The second-order valence-corrected chi connectivity index (χ2v) is 14.6. The number of benzene rings is 6. The van der Waals surface area contributed by atoms with Gasteiger partial charge in [0.1, 0.15) is 12.4 Å². The van der Waals surface area contributed by atoms with Crippen LogP contribution >= 0.6 is 0 Å². The molecule has 9 rings (SSSR count). The minimum atomic E-state index is -1.66. The molecule has 272 valence electrons. The number of carbonyl (C=O) groups excluding carboxylic acids is 2. The van der Waals surface area contributed by atoms with Crippen molar-refractivity contribution in [2.24, 2.45) is 5.41 Å². The zero-order chi connectivity index (χ0) is 37.5. The van der Waals surface area contributed by atoms with E-state index in [9.17, 15) is 9.18 Å². The summed E-state index contributed by atoms with van der Waals surface area (Å²) in [6.07, 6.45) is 0.712. The van der Waals surface area contributed by atoms with Crippen molar-refractivity contribution >= 4 is 22.8 Å². The minimum absolute atomic E-state index is 0.0427. The fraction of sp³-hybridized carbons (Fsp3) is 0.170. The van der Waals surface area contributed by atoms with Crippen LogP contribution in [0.15, 0.2) is 164 Å². The second-order valence-electron chi connectivity index (χ2n) is 14.6. The second kappa shape index (κ2) is 13.8. The fourth-order valence-corrected chi connectivity index (χ4v) is 8.94. The van der Waals surface area contributed by atoms with Crippen molar-refractivity contribution in [2.75, 3.05) is 13.1 Å². The summed E-state index contributed by atoms with van der Waals surface area (Å²) in [6.45, 7) is 1.11. The van der Waals surface area contributed by atoms with E-state index in [1.807, 2.05) is 103 Å². The minimum Gasteiger partial charge on any atom is -0.458 e. The van der Waals surface area contributed by atoms with E-state index in [1.165, 1.54) is 12.1 Å². The van der Waals surface area contributed by atoms with Gasteiger partial charge in [-0.1, -0.05) is 140 Å². The van der Waals surface area contributed by atoms with E-state index >= 15 is 4.79 Å². The lowest BCUT2D eigenvalue weighted by Gasteiger charge is -2.40. The SMILES string of the molecule is O=C1CC2(CCNC2)[C@](C(=O)OCc2ccccc2)(n2nc(C(c3ccccc3)(c3ccccc3)c3cccc(-c4ccc(F)cc4)c3)c3ccccc32)N1. The van der Waals surface area contributed by atoms with E-state index in [0.717, 1.165) is 38.8 Å². The van der Waals surface area contributed by atoms with Crippen molar-refractivity contribution < 1.29 is 18.7 Å². The first-order valence-electron chi connectivity index (χ1n) is 18.6. The third-order valence-electron chi connectivity index (χ3n) is 11.5. The van der Waals surface area contributed by atoms with E-state index in [2.05, 4.69) is 47.0 Å². The molecule has 2 fully saturated rings. The molecule has 2 aliphatic rings. The van der Waals surface area contributed by atoms with Gasteiger partial charge in [-0.05, 0) is 70.6 Å². The quantitative estimate of drug-likeness (QED) is 0.116. The van der Waals surface area contributed by atoms with Crippen molar-refractivity contribution in [3.05, 3.63) is 198 Å². The molecule has 8 heteroatoms. The maximum atomic E-state index is 15.0. The fourth-order valence-electron chi connectivity index (χ4n) is 8.94. The number of hydrogen-bond acceptors (Lipinski definition) is 5. The predicted molar refractivity (Wildman–Crippen MR) is 210 cm³/mol. The normalized spacial score (nSPS) is 19.5. The monoisotopic (exact) mass is 726 g/mol. The van der Waals surface area contributed by atoms with Gasteiger partial charge >= 0.3 is 5.97 Å². The van der Waals surface area contributed by atoms with E-state index in [0.29, 0.717) is 30.7 Å². The molecule has 0 bridgehead atoms. The van der Waals surface area contributed by atoms with Gasteiger partial charge in [0.2, 0.25) is 11.6 Å². The standard InChI is InChI=1S/C47H39FN4O3/c48-39-25-23-34(24-26-39)35-15-12-20-38(29-35)46(36-16-6-2-7-17-36,37-18-8-3-9-19-37)43-40-21-10-11-22-41(40)52(51-43)47(44(54)55-31-33-13-4-1-5-14-33)45(27-28-49-32-45)30-42(53)50-47/h1-26,29,49H,27-28,30-32H2,(H,50,53)/t45?,47-/m0/s1. The number of halogens is 1. The highest BCUT2D eigenvalue weighted by Crippen LogP contribution is 2.53. The van der Waals surface area contributed by atoms with E-state index < -0.39 is 22.5 Å². The van der Waals surface area contributed by atoms with Crippen LogP contribution in [0.4, 0.5) is 4.39 Å². The van der Waals surface area contributed by atoms with Crippen LogP contribution in [0.25, 0.3) is 22.0 Å². The van der Waals surface area contributed by atoms with Gasteiger partial charge in [0.15, 0.2) is 0 Å². The number of ether oxygens (including phenoxy) is 1. The molecule has 1 unspecified atom stereocenters. The number of para-hydroxylation sites is 1. The van der Waals surface area contributed by atoms with Crippen molar-refractivity contribution in [1.29, 1.82) is 0 Å². The number of nitrogens with zero attached hydrogens (tertiary/aromatic N) is 2. The molecule has 1 aromatic heterocycles. The van der Waals surface area contributed by atoms with Crippen molar-refractivity contribution in [3.63, 3.8) is 0 Å². The van der Waals surface area contributed by atoms with Gasteiger partial charge in [0, 0.05) is 23.8 Å². The van der Waals surface area contributed by atoms with Crippen LogP contribution in [0.1, 0.15) is 40.8 Å². The van der Waals surface area contributed by atoms with Gasteiger partial charge in [0.25, 0.3) is 0 Å². The molecule has 55 heavy (non-hydrogen) atoms. The number of hydrogen-bond donors (Lipinski definition) is 2. The molecule has 7 aromatic rings. The summed E-state index contributed by atoms with van der Waals surface area (Å²) in [4.78, 5) is 28.8. The van der Waals surface area contributed by atoms with Crippen molar-refractivity contribution in [3.8, 4) is 11.1 Å². The molecule has 2 atom stereocenters.